The molecule has 0 aliphatic rings. The van der Waals surface area contributed by atoms with Gasteiger partial charge in [-0.3, -0.25) is 0 Å². The van der Waals surface area contributed by atoms with Gasteiger partial charge in [-0.05, 0) is 65.3 Å². The van der Waals surface area contributed by atoms with Crippen LogP contribution in [-0.2, 0) is 12.6 Å². The summed E-state index contributed by atoms with van der Waals surface area (Å²) >= 11 is 1.33. The molecular weight excluding hydrogens is 405 g/mol. The Balaban J connectivity index is 1.72. The lowest BCUT2D eigenvalue weighted by Gasteiger charge is -2.14. The molecule has 0 aliphatic heterocycles. The lowest BCUT2D eigenvalue weighted by Crippen LogP contribution is -2.09. The number of aryl methyl sites for hydroxylation is 2. The average Bonchev–Trinajstić information content (AvgIpc) is 3.20. The number of pyridine rings is 1. The van der Waals surface area contributed by atoms with Crippen LogP contribution in [0.25, 0.3) is 21.3 Å². The topological polar surface area (TPSA) is 25.8 Å². The van der Waals surface area contributed by atoms with Gasteiger partial charge in [-0.2, -0.15) is 17.5 Å². The summed E-state index contributed by atoms with van der Waals surface area (Å²) < 4.78 is 44.4. The van der Waals surface area contributed by atoms with Crippen LogP contribution in [0, 0.1) is 18.8 Å². The number of benzene rings is 2. The molecule has 0 unspecified atom stereocenters. The lowest BCUT2D eigenvalue weighted by atomic mass is 9.95. The summed E-state index contributed by atoms with van der Waals surface area (Å²) in [6, 6.07) is 12.0. The first-order chi connectivity index (χ1) is 14.3. The van der Waals surface area contributed by atoms with Crippen molar-refractivity contribution in [1.82, 2.24) is 9.36 Å². The number of rotatable bonds is 2. The van der Waals surface area contributed by atoms with E-state index in [4.69, 9.17) is 0 Å². The fourth-order valence-corrected chi connectivity index (χ4v) is 3.83. The quantitative estimate of drug-likeness (QED) is 0.338. The highest BCUT2D eigenvalue weighted by molar-refractivity contribution is 7.12. The van der Waals surface area contributed by atoms with Crippen molar-refractivity contribution in [3.8, 4) is 23.0 Å². The summed E-state index contributed by atoms with van der Waals surface area (Å²) in [6.45, 7) is 3.65. The first-order valence-electron chi connectivity index (χ1n) is 9.39. The number of hydrogen-bond acceptors (Lipinski definition) is 3. The minimum Gasteiger partial charge on any atom is -0.242 e. The van der Waals surface area contributed by atoms with Crippen LogP contribution in [0.3, 0.4) is 0 Å². The second-order valence-electron chi connectivity index (χ2n) is 6.95. The fourth-order valence-electron chi connectivity index (χ4n) is 3.24. The van der Waals surface area contributed by atoms with Gasteiger partial charge in [0.2, 0.25) is 0 Å². The van der Waals surface area contributed by atoms with E-state index in [0.717, 1.165) is 26.9 Å². The number of alkyl halides is 3. The van der Waals surface area contributed by atoms with Crippen molar-refractivity contribution in [2.75, 3.05) is 0 Å². The monoisotopic (exact) mass is 422 g/mol. The normalized spacial score (nSPS) is 11.4. The maximum Gasteiger partial charge on any atom is 0.416 e. The number of halogens is 3. The van der Waals surface area contributed by atoms with Gasteiger partial charge in [0.15, 0.2) is 0 Å². The smallest absolute Gasteiger partial charge is 0.242 e. The number of nitrogens with zero attached hydrogens (tertiary/aromatic N) is 2. The number of hydrogen-bond donors (Lipinski definition) is 0. The van der Waals surface area contributed by atoms with E-state index < -0.39 is 11.7 Å². The summed E-state index contributed by atoms with van der Waals surface area (Å²) in [4.78, 5) is 5.19. The van der Waals surface area contributed by atoms with Crippen molar-refractivity contribution in [3.05, 3.63) is 82.7 Å². The van der Waals surface area contributed by atoms with Gasteiger partial charge in [0.25, 0.3) is 0 Å². The van der Waals surface area contributed by atoms with Gasteiger partial charge >= 0.3 is 6.18 Å². The summed E-state index contributed by atoms with van der Waals surface area (Å²) in [6.07, 6.45) is -0.595. The molecule has 6 heteroatoms. The molecule has 0 saturated carbocycles. The molecule has 0 saturated heterocycles. The van der Waals surface area contributed by atoms with Crippen molar-refractivity contribution in [2.45, 2.75) is 26.4 Å². The Kier molecular flexibility index (Phi) is 5.31. The third-order valence-electron chi connectivity index (χ3n) is 4.92. The molecule has 30 heavy (non-hydrogen) atoms. The summed E-state index contributed by atoms with van der Waals surface area (Å²) in [5.74, 6) is 6.24. The Morgan fingerprint density at radius 3 is 2.50 bits per heavy atom. The lowest BCUT2D eigenvalue weighted by molar-refractivity contribution is -0.138. The van der Waals surface area contributed by atoms with E-state index >= 15 is 0 Å². The minimum absolute atomic E-state index is 0.296. The Morgan fingerprint density at radius 1 is 0.967 bits per heavy atom. The highest BCUT2D eigenvalue weighted by Gasteiger charge is 2.33. The summed E-state index contributed by atoms with van der Waals surface area (Å²) in [5.41, 5.74) is 3.43. The van der Waals surface area contributed by atoms with E-state index in [1.54, 1.807) is 31.5 Å². The Labute approximate surface area is 176 Å². The SMILES string of the molecule is CCc1ccc(-c2ccc(C)c(C#Cc3cnc4sncc4c3)c2)cc1C(F)(F)F. The molecule has 2 aromatic heterocycles. The van der Waals surface area contributed by atoms with Gasteiger partial charge in [0.05, 0.1) is 11.8 Å². The first-order valence-corrected chi connectivity index (χ1v) is 10.2. The standard InChI is InChI=1S/C24H17F3N2S/c1-3-17-8-9-20(12-22(17)24(25,26)27)19-6-4-15(2)18(11-19)7-5-16-10-21-14-29-30-23(21)28-13-16/h4,6,8-14H,3H2,1-2H3. The summed E-state index contributed by atoms with van der Waals surface area (Å²) in [7, 11) is 0. The average molecular weight is 422 g/mol. The second-order valence-corrected chi connectivity index (χ2v) is 7.73. The highest BCUT2D eigenvalue weighted by atomic mass is 32.1. The first kappa shape index (κ1) is 20.1. The van der Waals surface area contributed by atoms with Gasteiger partial charge in [-0.1, -0.05) is 43.0 Å². The van der Waals surface area contributed by atoms with Crippen molar-refractivity contribution >= 4 is 21.7 Å². The fraction of sp³-hybridized carbons (Fsp3) is 0.167. The predicted octanol–water partition coefficient (Wildman–Crippen LogP) is 6.65. The molecule has 0 N–H and O–H groups in total. The van der Waals surface area contributed by atoms with Gasteiger partial charge in [0.1, 0.15) is 4.83 Å². The number of aromatic nitrogens is 2. The maximum atomic E-state index is 13.4. The van der Waals surface area contributed by atoms with E-state index in [-0.39, 0.29) is 0 Å². The molecule has 4 rings (SSSR count). The van der Waals surface area contributed by atoms with E-state index in [0.29, 0.717) is 23.1 Å². The molecule has 0 spiro atoms. The molecule has 2 heterocycles. The third-order valence-corrected chi connectivity index (χ3v) is 5.64. The third kappa shape index (κ3) is 4.07. The molecule has 0 aliphatic carbocycles. The largest absolute Gasteiger partial charge is 0.416 e. The van der Waals surface area contributed by atoms with E-state index in [1.165, 1.54) is 17.6 Å². The summed E-state index contributed by atoms with van der Waals surface area (Å²) in [5, 5.41) is 0.938. The van der Waals surface area contributed by atoms with Crippen molar-refractivity contribution < 1.29 is 13.2 Å². The molecule has 0 amide bonds. The molecule has 2 nitrogen and oxygen atoms in total. The van der Waals surface area contributed by atoms with Crippen LogP contribution in [0.15, 0.2) is 54.9 Å². The van der Waals surface area contributed by atoms with Gasteiger partial charge < -0.3 is 0 Å². The molecule has 150 valence electrons. The molecule has 0 bridgehead atoms. The van der Waals surface area contributed by atoms with Crippen molar-refractivity contribution in [1.29, 1.82) is 0 Å². The minimum atomic E-state index is -4.38. The predicted molar refractivity (Wildman–Crippen MR) is 114 cm³/mol. The van der Waals surface area contributed by atoms with Crippen LogP contribution in [0.5, 0.6) is 0 Å². The molecule has 0 radical (unpaired) electrons. The molecule has 0 atom stereocenters. The Hall–Kier alpha value is -3.17. The van der Waals surface area contributed by atoms with Crippen LogP contribution >= 0.6 is 11.5 Å². The van der Waals surface area contributed by atoms with Crippen LogP contribution < -0.4 is 0 Å². The second kappa shape index (κ2) is 7.92. The van der Waals surface area contributed by atoms with Crippen molar-refractivity contribution in [3.63, 3.8) is 0 Å². The molecular formula is C24H17F3N2S. The zero-order valence-electron chi connectivity index (χ0n) is 16.3. The van der Waals surface area contributed by atoms with Crippen molar-refractivity contribution in [2.24, 2.45) is 0 Å². The van der Waals surface area contributed by atoms with E-state index in [2.05, 4.69) is 21.2 Å². The molecule has 4 aromatic rings. The maximum absolute atomic E-state index is 13.4. The van der Waals surface area contributed by atoms with Crippen LogP contribution in [0.2, 0.25) is 0 Å². The van der Waals surface area contributed by atoms with E-state index in [1.807, 2.05) is 31.2 Å². The Bertz CT molecular complexity index is 1290. The highest BCUT2D eigenvalue weighted by Crippen LogP contribution is 2.35. The zero-order chi connectivity index (χ0) is 21.3. The van der Waals surface area contributed by atoms with Crippen LogP contribution in [-0.4, -0.2) is 9.36 Å². The molecule has 2 aromatic carbocycles. The van der Waals surface area contributed by atoms with Gasteiger partial charge in [0, 0.05) is 22.7 Å². The Morgan fingerprint density at radius 2 is 1.73 bits per heavy atom. The van der Waals surface area contributed by atoms with Gasteiger partial charge in [-0.15, -0.1) is 0 Å². The number of fused-ring (bicyclic) bond motifs is 1. The zero-order valence-corrected chi connectivity index (χ0v) is 17.2. The van der Waals surface area contributed by atoms with Gasteiger partial charge in [-0.25, -0.2) is 4.98 Å². The van der Waals surface area contributed by atoms with E-state index in [9.17, 15) is 13.2 Å². The molecule has 0 fully saturated rings. The van der Waals surface area contributed by atoms with Crippen LogP contribution in [0.4, 0.5) is 13.2 Å². The van der Waals surface area contributed by atoms with Crippen LogP contribution in [0.1, 0.15) is 34.7 Å².